The van der Waals surface area contributed by atoms with Crippen LogP contribution in [0.3, 0.4) is 0 Å². The van der Waals surface area contributed by atoms with E-state index in [9.17, 15) is 0 Å². The summed E-state index contributed by atoms with van der Waals surface area (Å²) in [4.78, 5) is 3.96. The van der Waals surface area contributed by atoms with Crippen molar-refractivity contribution >= 4 is 17.8 Å². The lowest BCUT2D eigenvalue weighted by atomic mass is 10.4. The molecule has 1 rings (SSSR count). The number of rotatable bonds is 15. The molecular weight excluding hydrogens is 376 g/mol. The van der Waals surface area contributed by atoms with Crippen LogP contribution in [0.25, 0.3) is 0 Å². The minimum atomic E-state index is -2.91. The molecular formula is C14H32N4O6Si2. The summed E-state index contributed by atoms with van der Waals surface area (Å²) in [5, 5.41) is 4.12. The van der Waals surface area contributed by atoms with Gasteiger partial charge in [0.05, 0.1) is 0 Å². The number of nitrogens with zero attached hydrogens (tertiary/aromatic N) is 4. The molecule has 0 saturated heterocycles. The van der Waals surface area contributed by atoms with Crippen LogP contribution in [0.15, 0.2) is 12.7 Å². The van der Waals surface area contributed by atoms with E-state index in [0.29, 0.717) is 12.6 Å². The van der Waals surface area contributed by atoms with Crippen LogP contribution in [0.1, 0.15) is 12.8 Å². The molecule has 0 radical (unpaired) electrons. The van der Waals surface area contributed by atoms with Crippen molar-refractivity contribution < 1.29 is 26.6 Å². The van der Waals surface area contributed by atoms with Crippen molar-refractivity contribution in [3.05, 3.63) is 12.7 Å². The van der Waals surface area contributed by atoms with Crippen molar-refractivity contribution in [2.45, 2.75) is 25.4 Å². The lowest BCUT2D eigenvalue weighted by molar-refractivity contribution is 0.0551. The summed E-state index contributed by atoms with van der Waals surface area (Å²) in [5.41, 5.74) is 0. The van der Waals surface area contributed by atoms with E-state index in [4.69, 9.17) is 26.6 Å². The molecule has 0 spiro atoms. The third-order valence-electron chi connectivity index (χ3n) is 4.29. The fourth-order valence-electron chi connectivity index (χ4n) is 2.84. The van der Waals surface area contributed by atoms with E-state index in [2.05, 4.69) is 14.6 Å². The molecule has 0 amide bonds. The quantitative estimate of drug-likeness (QED) is 0.387. The Kier molecular flexibility index (Phi) is 10.7. The van der Waals surface area contributed by atoms with Gasteiger partial charge < -0.3 is 26.6 Å². The first-order valence-electron chi connectivity index (χ1n) is 8.43. The van der Waals surface area contributed by atoms with Gasteiger partial charge in [-0.1, -0.05) is 0 Å². The van der Waals surface area contributed by atoms with Crippen LogP contribution in [0.5, 0.6) is 0 Å². The molecule has 0 aromatic carbocycles. The third kappa shape index (κ3) is 6.18. The highest BCUT2D eigenvalue weighted by molar-refractivity contribution is 6.60. The van der Waals surface area contributed by atoms with Gasteiger partial charge in [0.2, 0.25) is 0 Å². The molecule has 0 fully saturated rings. The lowest BCUT2D eigenvalue weighted by Crippen LogP contribution is -2.60. The topological polar surface area (TPSA) is 89.3 Å². The molecule has 12 heteroatoms. The Morgan fingerprint density at radius 3 is 1.88 bits per heavy atom. The van der Waals surface area contributed by atoms with Gasteiger partial charge in [-0.15, -0.1) is 0 Å². The Labute approximate surface area is 158 Å². The lowest BCUT2D eigenvalue weighted by Gasteiger charge is -2.35. The van der Waals surface area contributed by atoms with Gasteiger partial charge in [-0.3, -0.25) is 9.25 Å². The second-order valence-corrected chi connectivity index (χ2v) is 11.5. The molecule has 26 heavy (non-hydrogen) atoms. The van der Waals surface area contributed by atoms with Gasteiger partial charge in [0.1, 0.15) is 12.7 Å². The van der Waals surface area contributed by atoms with E-state index < -0.39 is 17.8 Å². The summed E-state index contributed by atoms with van der Waals surface area (Å²) in [6.07, 6.45) is 4.89. The summed E-state index contributed by atoms with van der Waals surface area (Å²) >= 11 is 0. The molecule has 0 unspecified atom stereocenters. The van der Waals surface area contributed by atoms with Crippen LogP contribution in [0.4, 0.5) is 0 Å². The highest BCUT2D eigenvalue weighted by Gasteiger charge is 2.46. The molecule has 1 aromatic rings. The van der Waals surface area contributed by atoms with Gasteiger partial charge in [0.15, 0.2) is 0 Å². The van der Waals surface area contributed by atoms with Crippen molar-refractivity contribution in [3.63, 3.8) is 0 Å². The first-order valence-corrected chi connectivity index (χ1v) is 12.0. The SMILES string of the molecule is CO[Si](CCCN(CCCn1cncn1)[Si](OC)(OC)OC)(OC)OC. The Bertz CT molecular complexity index is 457. The average molecular weight is 409 g/mol. The second-order valence-electron chi connectivity index (χ2n) is 5.53. The predicted octanol–water partition coefficient (Wildman–Crippen LogP) is 0.613. The standard InChI is InChI=1S/C14H32N4O6Si2/c1-19-25(20-2,21-3)12-8-11-18(26(22-4,23-5)24-6)10-7-9-17-14-15-13-16-17/h13-14H,7-12H2,1-6H3. The maximum Gasteiger partial charge on any atom is 0.598 e. The van der Waals surface area contributed by atoms with E-state index in [-0.39, 0.29) is 0 Å². The summed E-state index contributed by atoms with van der Waals surface area (Å²) in [6, 6.07) is 0.692. The van der Waals surface area contributed by atoms with Crippen molar-refractivity contribution in [2.75, 3.05) is 55.7 Å². The van der Waals surface area contributed by atoms with Gasteiger partial charge in [-0.25, -0.2) is 4.98 Å². The average Bonchev–Trinajstić information content (AvgIpc) is 3.20. The normalized spacial score (nSPS) is 12.9. The molecule has 0 saturated carbocycles. The van der Waals surface area contributed by atoms with E-state index in [1.54, 1.807) is 53.7 Å². The predicted molar refractivity (Wildman–Crippen MR) is 99.2 cm³/mol. The zero-order chi connectivity index (χ0) is 19.5. The molecule has 152 valence electrons. The Morgan fingerprint density at radius 1 is 0.846 bits per heavy atom. The molecule has 0 aliphatic rings. The van der Waals surface area contributed by atoms with Crippen molar-refractivity contribution in [3.8, 4) is 0 Å². The monoisotopic (exact) mass is 408 g/mol. The molecule has 0 aliphatic heterocycles. The first-order chi connectivity index (χ1) is 12.5. The maximum atomic E-state index is 5.65. The molecule has 0 bridgehead atoms. The molecule has 10 nitrogen and oxygen atoms in total. The zero-order valence-electron chi connectivity index (χ0n) is 16.6. The third-order valence-corrected chi connectivity index (χ3v) is 9.89. The van der Waals surface area contributed by atoms with Crippen LogP contribution in [0.2, 0.25) is 6.04 Å². The minimum Gasteiger partial charge on any atom is -0.377 e. The van der Waals surface area contributed by atoms with Crippen molar-refractivity contribution in [1.29, 1.82) is 0 Å². The second kappa shape index (κ2) is 11.9. The largest absolute Gasteiger partial charge is 0.598 e. The zero-order valence-corrected chi connectivity index (χ0v) is 18.6. The summed E-state index contributed by atoms with van der Waals surface area (Å²) < 4.78 is 37.3. The van der Waals surface area contributed by atoms with Crippen LogP contribution in [-0.2, 0) is 33.1 Å². The van der Waals surface area contributed by atoms with E-state index in [0.717, 1.165) is 25.9 Å². The van der Waals surface area contributed by atoms with Crippen LogP contribution in [-0.4, -0.2) is 92.8 Å². The fourth-order valence-corrected chi connectivity index (χ4v) is 6.68. The Morgan fingerprint density at radius 2 is 1.42 bits per heavy atom. The summed E-state index contributed by atoms with van der Waals surface area (Å²) in [7, 11) is 4.18. The molecule has 0 aliphatic carbocycles. The smallest absolute Gasteiger partial charge is 0.377 e. The number of hydrogen-bond acceptors (Lipinski definition) is 9. The maximum absolute atomic E-state index is 5.65. The van der Waals surface area contributed by atoms with Gasteiger partial charge in [-0.05, 0) is 25.9 Å². The van der Waals surface area contributed by atoms with E-state index in [1.807, 2.05) is 0 Å². The van der Waals surface area contributed by atoms with Crippen LogP contribution in [0, 0.1) is 0 Å². The van der Waals surface area contributed by atoms with Gasteiger partial charge >= 0.3 is 17.8 Å². The highest BCUT2D eigenvalue weighted by Crippen LogP contribution is 2.19. The Hall–Kier alpha value is -0.706. The van der Waals surface area contributed by atoms with Crippen molar-refractivity contribution in [1.82, 2.24) is 19.3 Å². The first kappa shape index (κ1) is 23.3. The van der Waals surface area contributed by atoms with E-state index in [1.165, 1.54) is 6.33 Å². The van der Waals surface area contributed by atoms with Crippen LogP contribution >= 0.6 is 0 Å². The molecule has 0 N–H and O–H groups in total. The van der Waals surface area contributed by atoms with Gasteiger partial charge in [-0.2, -0.15) is 5.10 Å². The summed E-state index contributed by atoms with van der Waals surface area (Å²) in [6.45, 7) is 2.21. The molecule has 0 atom stereocenters. The minimum absolute atomic E-state index is 0.692. The van der Waals surface area contributed by atoms with Gasteiger partial charge in [0, 0.05) is 55.2 Å². The van der Waals surface area contributed by atoms with Crippen molar-refractivity contribution in [2.24, 2.45) is 0 Å². The fraction of sp³-hybridized carbons (Fsp3) is 0.857. The van der Waals surface area contributed by atoms with Gasteiger partial charge in [0.25, 0.3) is 0 Å². The number of aryl methyl sites for hydroxylation is 1. The number of hydrogen-bond donors (Lipinski definition) is 0. The van der Waals surface area contributed by atoms with E-state index >= 15 is 0 Å². The number of aromatic nitrogens is 3. The molecule has 1 aromatic heterocycles. The molecule has 1 heterocycles. The Balaban J connectivity index is 2.70. The van der Waals surface area contributed by atoms with Crippen LogP contribution < -0.4 is 0 Å². The summed E-state index contributed by atoms with van der Waals surface area (Å²) in [5.74, 6) is 0. The highest BCUT2D eigenvalue weighted by atomic mass is 28.4.